The predicted molar refractivity (Wildman–Crippen MR) is 116 cm³/mol. The molecule has 1 aromatic heterocycles. The number of anilines is 2. The molecule has 2 aromatic rings. The van der Waals surface area contributed by atoms with Crippen LogP contribution in [-0.2, 0) is 4.74 Å². The average molecular weight is 435 g/mol. The third-order valence-corrected chi connectivity index (χ3v) is 5.56. The molecule has 1 aliphatic rings. The number of carbonyl (C=O) groups is 2. The zero-order valence-electron chi connectivity index (χ0n) is 16.4. The van der Waals surface area contributed by atoms with E-state index in [1.54, 1.807) is 29.7 Å². The normalized spacial score (nSPS) is 13.9. The number of nitrogens with one attached hydrogen (secondary N) is 1. The molecule has 154 valence electrons. The minimum absolute atomic E-state index is 0.127. The van der Waals surface area contributed by atoms with E-state index in [9.17, 15) is 9.59 Å². The van der Waals surface area contributed by atoms with Crippen molar-refractivity contribution in [1.29, 1.82) is 0 Å². The molecule has 1 saturated heterocycles. The minimum Gasteiger partial charge on any atom is -0.462 e. The van der Waals surface area contributed by atoms with E-state index in [0.29, 0.717) is 49.2 Å². The third kappa shape index (κ3) is 5.33. The number of thioether (sulfide) groups is 1. The van der Waals surface area contributed by atoms with Crippen LogP contribution in [0.1, 0.15) is 17.3 Å². The summed E-state index contributed by atoms with van der Waals surface area (Å²) < 4.78 is 4.97. The first-order valence-corrected chi connectivity index (χ1v) is 10.9. The van der Waals surface area contributed by atoms with E-state index in [4.69, 9.17) is 16.3 Å². The first-order valence-electron chi connectivity index (χ1n) is 9.29. The number of esters is 1. The number of amides is 2. The number of benzene rings is 1. The summed E-state index contributed by atoms with van der Waals surface area (Å²) in [6.07, 6.45) is 3.48. The zero-order chi connectivity index (χ0) is 20.8. The summed E-state index contributed by atoms with van der Waals surface area (Å²) in [5, 5.41) is 3.32. The van der Waals surface area contributed by atoms with E-state index < -0.39 is 5.97 Å². The lowest BCUT2D eigenvalue weighted by Crippen LogP contribution is -2.50. The fourth-order valence-corrected chi connectivity index (χ4v) is 3.68. The number of halogens is 1. The number of urea groups is 1. The molecule has 9 heteroatoms. The van der Waals surface area contributed by atoms with Crippen molar-refractivity contribution in [3.63, 3.8) is 0 Å². The van der Waals surface area contributed by atoms with Crippen LogP contribution < -0.4 is 10.2 Å². The Morgan fingerprint density at radius 1 is 1.21 bits per heavy atom. The summed E-state index contributed by atoms with van der Waals surface area (Å²) in [5.74, 6) is 0.160. The van der Waals surface area contributed by atoms with Crippen LogP contribution in [0.15, 0.2) is 41.4 Å². The number of aromatic nitrogens is 1. The second-order valence-electron chi connectivity index (χ2n) is 6.38. The van der Waals surface area contributed by atoms with Crippen LogP contribution in [0.2, 0.25) is 5.02 Å². The van der Waals surface area contributed by atoms with Gasteiger partial charge in [-0.1, -0.05) is 11.6 Å². The van der Waals surface area contributed by atoms with Crippen molar-refractivity contribution < 1.29 is 14.3 Å². The summed E-state index contributed by atoms with van der Waals surface area (Å²) >= 11 is 7.99. The van der Waals surface area contributed by atoms with E-state index in [-0.39, 0.29) is 6.03 Å². The van der Waals surface area contributed by atoms with Gasteiger partial charge in [-0.25, -0.2) is 14.6 Å². The topological polar surface area (TPSA) is 74.8 Å². The molecule has 0 saturated carbocycles. The van der Waals surface area contributed by atoms with Gasteiger partial charge in [-0.15, -0.1) is 11.8 Å². The molecule has 0 bridgehead atoms. The SMILES string of the molecule is CCOC(=O)c1cnc(N2CCN(C(=O)Nc3ccc(SC)cc3)CC2)c(Cl)c1. The predicted octanol–water partition coefficient (Wildman–Crippen LogP) is 3.99. The fraction of sp³-hybridized carbons (Fsp3) is 0.350. The van der Waals surface area contributed by atoms with Gasteiger partial charge in [0.25, 0.3) is 0 Å². The molecule has 3 rings (SSSR count). The van der Waals surface area contributed by atoms with Crippen LogP contribution in [-0.4, -0.2) is 60.9 Å². The largest absolute Gasteiger partial charge is 0.462 e. The van der Waals surface area contributed by atoms with Gasteiger partial charge in [0.1, 0.15) is 5.82 Å². The smallest absolute Gasteiger partial charge is 0.339 e. The molecule has 29 heavy (non-hydrogen) atoms. The van der Waals surface area contributed by atoms with Crippen molar-refractivity contribution in [2.45, 2.75) is 11.8 Å². The highest BCUT2D eigenvalue weighted by molar-refractivity contribution is 7.98. The third-order valence-electron chi connectivity index (χ3n) is 4.54. The van der Waals surface area contributed by atoms with Crippen molar-refractivity contribution in [1.82, 2.24) is 9.88 Å². The van der Waals surface area contributed by atoms with Gasteiger partial charge in [0, 0.05) is 43.0 Å². The van der Waals surface area contributed by atoms with E-state index in [1.807, 2.05) is 35.4 Å². The molecule has 0 aliphatic carbocycles. The highest BCUT2D eigenvalue weighted by Gasteiger charge is 2.24. The number of carbonyl (C=O) groups excluding carboxylic acids is 2. The summed E-state index contributed by atoms with van der Waals surface area (Å²) in [5.41, 5.74) is 1.10. The molecule has 0 atom stereocenters. The van der Waals surface area contributed by atoms with Crippen molar-refractivity contribution >= 4 is 46.9 Å². The molecule has 1 aromatic carbocycles. The van der Waals surface area contributed by atoms with Crippen LogP contribution in [0.5, 0.6) is 0 Å². The highest BCUT2D eigenvalue weighted by Crippen LogP contribution is 2.26. The molecule has 2 heterocycles. The Bertz CT molecular complexity index is 871. The maximum Gasteiger partial charge on any atom is 0.339 e. The molecular weight excluding hydrogens is 412 g/mol. The van der Waals surface area contributed by atoms with Gasteiger partial charge in [0.2, 0.25) is 0 Å². The Morgan fingerprint density at radius 2 is 1.90 bits per heavy atom. The molecular formula is C20H23ClN4O3S. The lowest BCUT2D eigenvalue weighted by molar-refractivity contribution is 0.0526. The van der Waals surface area contributed by atoms with Crippen LogP contribution in [0.4, 0.5) is 16.3 Å². The number of piperazine rings is 1. The maximum atomic E-state index is 12.5. The number of hydrogen-bond donors (Lipinski definition) is 1. The van der Waals surface area contributed by atoms with Gasteiger partial charge in [-0.3, -0.25) is 0 Å². The molecule has 1 N–H and O–H groups in total. The Kier molecular flexibility index (Phi) is 7.22. The molecule has 0 unspecified atom stereocenters. The van der Waals surface area contributed by atoms with Crippen LogP contribution in [0, 0.1) is 0 Å². The first kappa shape index (κ1) is 21.3. The molecule has 2 amide bonds. The molecule has 7 nitrogen and oxygen atoms in total. The summed E-state index contributed by atoms with van der Waals surface area (Å²) in [7, 11) is 0. The average Bonchev–Trinajstić information content (AvgIpc) is 2.74. The van der Waals surface area contributed by atoms with Gasteiger partial charge < -0.3 is 19.9 Å². The second kappa shape index (κ2) is 9.84. The zero-order valence-corrected chi connectivity index (χ0v) is 17.9. The molecule has 0 spiro atoms. The quantitative estimate of drug-likeness (QED) is 0.566. The van der Waals surface area contributed by atoms with E-state index in [0.717, 1.165) is 10.6 Å². The van der Waals surface area contributed by atoms with Crippen molar-refractivity contribution in [3.05, 3.63) is 47.1 Å². The Morgan fingerprint density at radius 3 is 2.48 bits per heavy atom. The molecule has 0 radical (unpaired) electrons. The first-order chi connectivity index (χ1) is 14.0. The molecule has 1 fully saturated rings. The standard InChI is InChI=1S/C20H23ClN4O3S/c1-3-28-19(26)14-12-17(21)18(22-13-14)24-8-10-25(11-9-24)20(27)23-15-4-6-16(29-2)7-5-15/h4-7,12-13H,3,8-11H2,1-2H3,(H,23,27). The Hall–Kier alpha value is -2.45. The lowest BCUT2D eigenvalue weighted by Gasteiger charge is -2.35. The Labute approximate surface area is 179 Å². The van der Waals surface area contributed by atoms with Crippen molar-refractivity contribution in [3.8, 4) is 0 Å². The van der Waals surface area contributed by atoms with Gasteiger partial charge in [-0.05, 0) is 43.5 Å². The number of ether oxygens (including phenoxy) is 1. The summed E-state index contributed by atoms with van der Waals surface area (Å²) in [6, 6.07) is 9.19. The van der Waals surface area contributed by atoms with Gasteiger partial charge in [-0.2, -0.15) is 0 Å². The number of pyridine rings is 1. The van der Waals surface area contributed by atoms with Gasteiger partial charge in [0.15, 0.2) is 0 Å². The van der Waals surface area contributed by atoms with Crippen molar-refractivity contribution in [2.24, 2.45) is 0 Å². The number of rotatable bonds is 5. The van der Waals surface area contributed by atoms with Crippen LogP contribution in [0.25, 0.3) is 0 Å². The highest BCUT2D eigenvalue weighted by atomic mass is 35.5. The van der Waals surface area contributed by atoms with Crippen LogP contribution >= 0.6 is 23.4 Å². The Balaban J connectivity index is 1.57. The summed E-state index contributed by atoms with van der Waals surface area (Å²) in [4.78, 5) is 33.6. The van der Waals surface area contributed by atoms with Gasteiger partial charge >= 0.3 is 12.0 Å². The van der Waals surface area contributed by atoms with Crippen molar-refractivity contribution in [2.75, 3.05) is 49.3 Å². The lowest BCUT2D eigenvalue weighted by atomic mass is 10.2. The second-order valence-corrected chi connectivity index (χ2v) is 7.67. The fourth-order valence-electron chi connectivity index (χ4n) is 2.99. The minimum atomic E-state index is -0.444. The van der Waals surface area contributed by atoms with Gasteiger partial charge in [0.05, 0.1) is 17.2 Å². The molecule has 1 aliphatic heterocycles. The van der Waals surface area contributed by atoms with E-state index in [1.165, 1.54) is 6.20 Å². The monoisotopic (exact) mass is 434 g/mol. The number of hydrogen-bond acceptors (Lipinski definition) is 6. The van der Waals surface area contributed by atoms with E-state index >= 15 is 0 Å². The number of nitrogens with zero attached hydrogens (tertiary/aromatic N) is 3. The summed E-state index contributed by atoms with van der Waals surface area (Å²) in [6.45, 7) is 4.34. The van der Waals surface area contributed by atoms with Crippen LogP contribution in [0.3, 0.4) is 0 Å². The van der Waals surface area contributed by atoms with E-state index in [2.05, 4.69) is 10.3 Å². The maximum absolute atomic E-state index is 12.5.